The van der Waals surface area contributed by atoms with Crippen molar-refractivity contribution in [3.05, 3.63) is 32.8 Å². The summed E-state index contributed by atoms with van der Waals surface area (Å²) in [4.78, 5) is 12.4. The van der Waals surface area contributed by atoms with Crippen LogP contribution in [0.4, 0.5) is 11.4 Å². The summed E-state index contributed by atoms with van der Waals surface area (Å²) < 4.78 is 0.712. The van der Waals surface area contributed by atoms with Gasteiger partial charge in [0.15, 0.2) is 0 Å². The van der Waals surface area contributed by atoms with Gasteiger partial charge in [-0.25, -0.2) is 0 Å². The van der Waals surface area contributed by atoms with Gasteiger partial charge in [-0.2, -0.15) is 0 Å². The minimum absolute atomic E-state index is 0.0896. The van der Waals surface area contributed by atoms with Crippen LogP contribution in [0.25, 0.3) is 0 Å². The summed E-state index contributed by atoms with van der Waals surface area (Å²) in [5.41, 5.74) is 0.962. The van der Waals surface area contributed by atoms with Gasteiger partial charge in [-0.15, -0.1) is 0 Å². The summed E-state index contributed by atoms with van der Waals surface area (Å²) in [6.07, 6.45) is 0. The first-order valence-electron chi connectivity index (χ1n) is 5.80. The zero-order chi connectivity index (χ0) is 13.7. The number of nitro benzene ring substituents is 1. The van der Waals surface area contributed by atoms with Crippen LogP contribution in [0.1, 0.15) is 13.8 Å². The van der Waals surface area contributed by atoms with Crippen LogP contribution in [0.5, 0.6) is 0 Å². The van der Waals surface area contributed by atoms with Crippen molar-refractivity contribution in [3.63, 3.8) is 0 Å². The average molecular weight is 316 g/mol. The Hall–Kier alpha value is -1.14. The number of nitro groups is 1. The van der Waals surface area contributed by atoms with Gasteiger partial charge >= 0.3 is 0 Å². The molecule has 100 valence electrons. The molecule has 0 aliphatic heterocycles. The van der Waals surface area contributed by atoms with Crippen molar-refractivity contribution in [2.24, 2.45) is 0 Å². The third-order valence-electron chi connectivity index (χ3n) is 2.82. The molecule has 1 N–H and O–H groups in total. The molecule has 0 amide bonds. The number of benzene rings is 1. The highest BCUT2D eigenvalue weighted by atomic mass is 79.9. The molecule has 0 spiro atoms. The molecule has 1 aromatic rings. The Morgan fingerprint density at radius 1 is 1.50 bits per heavy atom. The maximum atomic E-state index is 10.6. The van der Waals surface area contributed by atoms with Crippen LogP contribution in [0.15, 0.2) is 22.7 Å². The van der Waals surface area contributed by atoms with Crippen molar-refractivity contribution < 1.29 is 4.92 Å². The second-order valence-electron chi connectivity index (χ2n) is 4.42. The monoisotopic (exact) mass is 315 g/mol. The summed E-state index contributed by atoms with van der Waals surface area (Å²) in [7, 11) is 2.07. The van der Waals surface area contributed by atoms with E-state index < -0.39 is 4.92 Å². The second-order valence-corrected chi connectivity index (χ2v) is 5.28. The summed E-state index contributed by atoms with van der Waals surface area (Å²) >= 11 is 3.33. The molecule has 0 bridgehead atoms. The van der Waals surface area contributed by atoms with Crippen molar-refractivity contribution in [1.29, 1.82) is 0 Å². The Morgan fingerprint density at radius 3 is 2.67 bits per heavy atom. The summed E-state index contributed by atoms with van der Waals surface area (Å²) in [5.74, 6) is 0. The smallest absolute Gasteiger partial charge is 0.270 e. The van der Waals surface area contributed by atoms with Gasteiger partial charge in [0, 0.05) is 41.4 Å². The number of anilines is 1. The van der Waals surface area contributed by atoms with Crippen molar-refractivity contribution in [3.8, 4) is 0 Å². The van der Waals surface area contributed by atoms with E-state index in [-0.39, 0.29) is 5.69 Å². The minimum Gasteiger partial charge on any atom is -0.383 e. The van der Waals surface area contributed by atoms with Gasteiger partial charge in [-0.3, -0.25) is 10.1 Å². The lowest BCUT2D eigenvalue weighted by Crippen LogP contribution is -2.31. The second kappa shape index (κ2) is 6.70. The molecule has 0 heterocycles. The number of rotatable bonds is 6. The van der Waals surface area contributed by atoms with Gasteiger partial charge in [0.05, 0.1) is 4.92 Å². The van der Waals surface area contributed by atoms with Gasteiger partial charge in [-0.05, 0) is 42.9 Å². The van der Waals surface area contributed by atoms with Crippen LogP contribution < -0.4 is 5.32 Å². The van der Waals surface area contributed by atoms with Crippen LogP contribution in [-0.4, -0.2) is 36.0 Å². The zero-order valence-electron chi connectivity index (χ0n) is 10.8. The van der Waals surface area contributed by atoms with Crippen LogP contribution in [0.3, 0.4) is 0 Å². The highest BCUT2D eigenvalue weighted by Crippen LogP contribution is 2.26. The molecule has 0 aliphatic carbocycles. The fraction of sp³-hybridized carbons (Fsp3) is 0.500. The molecule has 6 heteroatoms. The van der Waals surface area contributed by atoms with Crippen molar-refractivity contribution in [1.82, 2.24) is 4.90 Å². The molecular formula is C12H18BrN3O2. The first-order valence-corrected chi connectivity index (χ1v) is 6.59. The first kappa shape index (κ1) is 14.9. The van der Waals surface area contributed by atoms with Crippen LogP contribution in [-0.2, 0) is 0 Å². The number of hydrogen-bond acceptors (Lipinski definition) is 4. The Balaban J connectivity index is 2.56. The maximum absolute atomic E-state index is 10.6. The highest BCUT2D eigenvalue weighted by molar-refractivity contribution is 9.10. The molecule has 1 aromatic carbocycles. The van der Waals surface area contributed by atoms with E-state index in [1.54, 1.807) is 6.07 Å². The first-order chi connectivity index (χ1) is 8.41. The quantitative estimate of drug-likeness (QED) is 0.647. The third-order valence-corrected chi connectivity index (χ3v) is 3.48. The van der Waals surface area contributed by atoms with Gasteiger partial charge in [-0.1, -0.05) is 0 Å². The predicted molar refractivity (Wildman–Crippen MR) is 77.1 cm³/mol. The molecule has 0 unspecified atom stereocenters. The number of halogens is 1. The SMILES string of the molecule is CC(C)N(C)CCNc1ccc([N+](=O)[O-])cc1Br. The van der Waals surface area contributed by atoms with E-state index in [2.05, 4.69) is 47.0 Å². The molecule has 5 nitrogen and oxygen atoms in total. The van der Waals surface area contributed by atoms with E-state index in [4.69, 9.17) is 0 Å². The Bertz CT molecular complexity index is 424. The van der Waals surface area contributed by atoms with E-state index in [0.717, 1.165) is 18.8 Å². The summed E-state index contributed by atoms with van der Waals surface area (Å²) in [6, 6.07) is 5.23. The minimum atomic E-state index is -0.402. The van der Waals surface area contributed by atoms with Crippen molar-refractivity contribution in [2.45, 2.75) is 19.9 Å². The topological polar surface area (TPSA) is 58.4 Å². The lowest BCUT2D eigenvalue weighted by Gasteiger charge is -2.21. The lowest BCUT2D eigenvalue weighted by atomic mass is 10.3. The van der Waals surface area contributed by atoms with Gasteiger partial charge < -0.3 is 10.2 Å². The fourth-order valence-corrected chi connectivity index (χ4v) is 1.89. The molecule has 0 aromatic heterocycles. The van der Waals surface area contributed by atoms with Crippen molar-refractivity contribution >= 4 is 27.3 Å². The molecular weight excluding hydrogens is 298 g/mol. The largest absolute Gasteiger partial charge is 0.383 e. The summed E-state index contributed by atoms with van der Waals surface area (Å²) in [5, 5.41) is 13.9. The number of nitrogens with zero attached hydrogens (tertiary/aromatic N) is 2. The van der Waals surface area contributed by atoms with E-state index in [9.17, 15) is 10.1 Å². The Kier molecular flexibility index (Phi) is 5.55. The predicted octanol–water partition coefficient (Wildman–Crippen LogP) is 3.11. The van der Waals surface area contributed by atoms with Crippen molar-refractivity contribution in [2.75, 3.05) is 25.5 Å². The molecule has 1 rings (SSSR count). The Labute approximate surface area is 115 Å². The zero-order valence-corrected chi connectivity index (χ0v) is 12.4. The molecule has 0 radical (unpaired) electrons. The van der Waals surface area contributed by atoms with Gasteiger partial charge in [0.25, 0.3) is 5.69 Å². The molecule has 0 atom stereocenters. The standard InChI is InChI=1S/C12H18BrN3O2/c1-9(2)15(3)7-6-14-12-5-4-10(16(17)18)8-11(12)13/h4-5,8-9,14H,6-7H2,1-3H3. The van der Waals surface area contributed by atoms with Crippen LogP contribution in [0, 0.1) is 10.1 Å². The van der Waals surface area contributed by atoms with E-state index in [1.807, 2.05) is 0 Å². The molecule has 0 saturated heterocycles. The van der Waals surface area contributed by atoms with Crippen LogP contribution in [0.2, 0.25) is 0 Å². The number of nitrogens with one attached hydrogen (secondary N) is 1. The third kappa shape index (κ3) is 4.27. The van der Waals surface area contributed by atoms with Gasteiger partial charge in [0.2, 0.25) is 0 Å². The lowest BCUT2D eigenvalue weighted by molar-refractivity contribution is -0.384. The fourth-order valence-electron chi connectivity index (χ4n) is 1.39. The van der Waals surface area contributed by atoms with Crippen LogP contribution >= 0.6 is 15.9 Å². The molecule has 0 fully saturated rings. The molecule has 0 aliphatic rings. The number of likely N-dealkylation sites (N-methyl/N-ethyl adjacent to an activating group) is 1. The molecule has 18 heavy (non-hydrogen) atoms. The normalized spacial score (nSPS) is 11.0. The van der Waals surface area contributed by atoms with E-state index in [1.165, 1.54) is 12.1 Å². The number of hydrogen-bond donors (Lipinski definition) is 1. The Morgan fingerprint density at radius 2 is 2.17 bits per heavy atom. The number of non-ortho nitro benzene ring substituents is 1. The van der Waals surface area contributed by atoms with Gasteiger partial charge in [0.1, 0.15) is 0 Å². The maximum Gasteiger partial charge on any atom is 0.270 e. The highest BCUT2D eigenvalue weighted by Gasteiger charge is 2.09. The molecule has 0 saturated carbocycles. The summed E-state index contributed by atoms with van der Waals surface area (Å²) in [6.45, 7) is 6.00. The van der Waals surface area contributed by atoms with E-state index >= 15 is 0 Å². The average Bonchev–Trinajstić information content (AvgIpc) is 2.30. The van der Waals surface area contributed by atoms with E-state index in [0.29, 0.717) is 10.5 Å².